The number of ether oxygens (including phenoxy) is 2. The minimum atomic E-state index is -1.04. The van der Waals surface area contributed by atoms with Gasteiger partial charge in [0.25, 0.3) is 5.91 Å². The second kappa shape index (κ2) is 9.94. The number of anilines is 1. The summed E-state index contributed by atoms with van der Waals surface area (Å²) in [5, 5.41) is 0. The lowest BCUT2D eigenvalue weighted by atomic mass is 9.74. The molecule has 1 spiro atoms. The van der Waals surface area contributed by atoms with Crippen molar-refractivity contribution in [2.75, 3.05) is 38.8 Å². The summed E-state index contributed by atoms with van der Waals surface area (Å²) in [4.78, 5) is 29.2. The molecule has 0 bridgehead atoms. The highest BCUT2D eigenvalue weighted by molar-refractivity contribution is 6.07. The van der Waals surface area contributed by atoms with Gasteiger partial charge >= 0.3 is 5.97 Å². The van der Waals surface area contributed by atoms with E-state index in [0.717, 1.165) is 61.4 Å². The van der Waals surface area contributed by atoms with Crippen molar-refractivity contribution in [3.05, 3.63) is 94.6 Å². The monoisotopic (exact) mass is 506 g/mol. The summed E-state index contributed by atoms with van der Waals surface area (Å²) in [6.45, 7) is 2.86. The third-order valence-electron chi connectivity index (χ3n) is 7.53. The number of esters is 1. The summed E-state index contributed by atoms with van der Waals surface area (Å²) in [6, 6.07) is 16.4. The highest BCUT2D eigenvalue weighted by Gasteiger charge is 2.46. The predicted octanol–water partition coefficient (Wildman–Crippen LogP) is 4.95. The molecule has 0 N–H and O–H groups in total. The quantitative estimate of drug-likeness (QED) is 0.458. The van der Waals surface area contributed by atoms with Crippen molar-refractivity contribution < 1.29 is 27.8 Å². The number of piperidine rings is 1. The molecule has 0 radical (unpaired) electrons. The summed E-state index contributed by atoms with van der Waals surface area (Å²) in [5.41, 5.74) is 3.31. The van der Waals surface area contributed by atoms with Crippen LogP contribution in [-0.2, 0) is 16.7 Å². The van der Waals surface area contributed by atoms with Crippen LogP contribution in [0.1, 0.15) is 44.7 Å². The molecule has 0 aromatic heterocycles. The van der Waals surface area contributed by atoms with Gasteiger partial charge in [-0.15, -0.1) is 0 Å². The number of rotatable bonds is 5. The van der Waals surface area contributed by atoms with Crippen LogP contribution in [0, 0.1) is 11.6 Å². The van der Waals surface area contributed by atoms with Gasteiger partial charge in [-0.3, -0.25) is 9.69 Å². The van der Waals surface area contributed by atoms with Crippen LogP contribution >= 0.6 is 0 Å². The first-order valence-corrected chi connectivity index (χ1v) is 12.2. The van der Waals surface area contributed by atoms with Crippen LogP contribution in [-0.4, -0.2) is 50.6 Å². The average Bonchev–Trinajstić information content (AvgIpc) is 3.24. The molecule has 0 atom stereocenters. The Kier molecular flexibility index (Phi) is 6.69. The summed E-state index contributed by atoms with van der Waals surface area (Å²) >= 11 is 0. The first kappa shape index (κ1) is 24.9. The van der Waals surface area contributed by atoms with Crippen LogP contribution in [0.2, 0.25) is 0 Å². The number of benzene rings is 3. The lowest BCUT2D eigenvalue weighted by Crippen LogP contribution is -2.45. The van der Waals surface area contributed by atoms with Gasteiger partial charge in [-0.05, 0) is 85.6 Å². The largest absolute Gasteiger partial charge is 0.497 e. The molecular formula is C29H28F2N2O4. The minimum absolute atomic E-state index is 0.116. The molecule has 2 aliphatic heterocycles. The molecule has 2 aliphatic rings. The number of methoxy groups -OCH3 is 2. The molecule has 2 heterocycles. The fourth-order valence-electron chi connectivity index (χ4n) is 5.43. The van der Waals surface area contributed by atoms with Crippen LogP contribution in [0.15, 0.2) is 60.7 Å². The molecule has 5 rings (SSSR count). The molecule has 0 unspecified atom stereocenters. The first-order valence-electron chi connectivity index (χ1n) is 12.2. The highest BCUT2D eigenvalue weighted by Crippen LogP contribution is 2.48. The van der Waals surface area contributed by atoms with E-state index >= 15 is 0 Å². The molecular weight excluding hydrogens is 478 g/mol. The Morgan fingerprint density at radius 3 is 2.24 bits per heavy atom. The molecule has 37 heavy (non-hydrogen) atoms. The Bertz CT molecular complexity index is 1330. The van der Waals surface area contributed by atoms with Crippen molar-refractivity contribution in [3.8, 4) is 5.75 Å². The molecule has 1 saturated heterocycles. The van der Waals surface area contributed by atoms with Crippen LogP contribution < -0.4 is 9.64 Å². The van der Waals surface area contributed by atoms with Crippen LogP contribution in [0.3, 0.4) is 0 Å². The lowest BCUT2D eigenvalue weighted by molar-refractivity contribution is 0.0600. The van der Waals surface area contributed by atoms with Gasteiger partial charge < -0.3 is 14.4 Å². The number of amides is 1. The van der Waals surface area contributed by atoms with E-state index in [1.165, 1.54) is 13.2 Å². The van der Waals surface area contributed by atoms with Crippen molar-refractivity contribution >= 4 is 17.6 Å². The van der Waals surface area contributed by atoms with E-state index in [9.17, 15) is 18.4 Å². The lowest BCUT2D eigenvalue weighted by Gasteiger charge is -2.40. The van der Waals surface area contributed by atoms with E-state index in [0.29, 0.717) is 17.9 Å². The molecule has 0 aliphatic carbocycles. The van der Waals surface area contributed by atoms with Gasteiger partial charge in [0.2, 0.25) is 0 Å². The molecule has 192 valence electrons. The third kappa shape index (κ3) is 4.69. The first-order chi connectivity index (χ1) is 17.8. The van der Waals surface area contributed by atoms with Crippen LogP contribution in [0.25, 0.3) is 0 Å². The maximum absolute atomic E-state index is 13.9. The van der Waals surface area contributed by atoms with Crippen molar-refractivity contribution in [1.29, 1.82) is 0 Å². The summed E-state index contributed by atoms with van der Waals surface area (Å²) in [6.07, 6.45) is 1.66. The number of hydrogen-bond acceptors (Lipinski definition) is 5. The number of halogens is 2. The Labute approximate surface area is 214 Å². The molecule has 3 aromatic rings. The molecule has 6 nitrogen and oxygen atoms in total. The highest BCUT2D eigenvalue weighted by atomic mass is 19.2. The van der Waals surface area contributed by atoms with E-state index in [4.69, 9.17) is 9.47 Å². The van der Waals surface area contributed by atoms with Crippen molar-refractivity contribution in [2.24, 2.45) is 0 Å². The summed E-state index contributed by atoms with van der Waals surface area (Å²) in [7, 11) is 2.98. The van der Waals surface area contributed by atoms with E-state index in [1.807, 2.05) is 30.3 Å². The van der Waals surface area contributed by atoms with Crippen molar-refractivity contribution in [3.63, 3.8) is 0 Å². The van der Waals surface area contributed by atoms with E-state index in [-0.39, 0.29) is 22.9 Å². The standard InChI is InChI=1S/C29H28F2N2O4/c1-36-22-8-10-26-23(16-22)29(18-33(26)27(34)21-7-9-24(30)25(31)15-21)11-13-32(14-12-29)17-19-3-5-20(6-4-19)28(35)37-2/h3-10,15-16H,11-14,17-18H2,1-2H3. The van der Waals surface area contributed by atoms with Crippen LogP contribution in [0.4, 0.5) is 14.5 Å². The van der Waals surface area contributed by atoms with Gasteiger partial charge in [-0.1, -0.05) is 12.1 Å². The van der Waals surface area contributed by atoms with Gasteiger partial charge in [0.1, 0.15) is 5.75 Å². The van der Waals surface area contributed by atoms with Gasteiger partial charge in [-0.25, -0.2) is 13.6 Å². The van der Waals surface area contributed by atoms with Crippen molar-refractivity contribution in [2.45, 2.75) is 24.8 Å². The number of carbonyl (C=O) groups excluding carboxylic acids is 2. The van der Waals surface area contributed by atoms with E-state index < -0.39 is 11.6 Å². The van der Waals surface area contributed by atoms with E-state index in [1.54, 1.807) is 24.1 Å². The molecule has 1 fully saturated rings. The zero-order valence-electron chi connectivity index (χ0n) is 20.8. The molecule has 1 amide bonds. The summed E-state index contributed by atoms with van der Waals surface area (Å²) < 4.78 is 37.6. The maximum Gasteiger partial charge on any atom is 0.337 e. The SMILES string of the molecule is COC(=O)c1ccc(CN2CCC3(CC2)CN(C(=O)c2ccc(F)c(F)c2)c2ccc(OC)cc23)cc1. The van der Waals surface area contributed by atoms with Gasteiger partial charge in [0, 0.05) is 29.8 Å². The topological polar surface area (TPSA) is 59.1 Å². The predicted molar refractivity (Wildman–Crippen MR) is 135 cm³/mol. The third-order valence-corrected chi connectivity index (χ3v) is 7.53. The molecule has 8 heteroatoms. The average molecular weight is 507 g/mol. The second-order valence-corrected chi connectivity index (χ2v) is 9.65. The Morgan fingerprint density at radius 1 is 0.892 bits per heavy atom. The minimum Gasteiger partial charge on any atom is -0.497 e. The number of fused-ring (bicyclic) bond motifs is 2. The number of nitrogens with zero attached hydrogens (tertiary/aromatic N) is 2. The Hall–Kier alpha value is -3.78. The van der Waals surface area contributed by atoms with Gasteiger partial charge in [0.05, 0.1) is 19.8 Å². The Balaban J connectivity index is 1.35. The zero-order chi connectivity index (χ0) is 26.2. The fourth-order valence-corrected chi connectivity index (χ4v) is 5.43. The summed E-state index contributed by atoms with van der Waals surface area (Å²) in [5.74, 6) is -2.01. The zero-order valence-corrected chi connectivity index (χ0v) is 20.8. The smallest absolute Gasteiger partial charge is 0.337 e. The van der Waals surface area contributed by atoms with Crippen molar-refractivity contribution in [1.82, 2.24) is 4.90 Å². The van der Waals surface area contributed by atoms with E-state index in [2.05, 4.69) is 4.90 Å². The molecule has 3 aromatic carbocycles. The Morgan fingerprint density at radius 2 is 1.59 bits per heavy atom. The fraction of sp³-hybridized carbons (Fsp3) is 0.310. The number of carbonyl (C=O) groups is 2. The molecule has 0 saturated carbocycles. The number of likely N-dealkylation sites (tertiary alicyclic amines) is 1. The number of hydrogen-bond donors (Lipinski definition) is 0. The van der Waals surface area contributed by atoms with Gasteiger partial charge in [-0.2, -0.15) is 0 Å². The second-order valence-electron chi connectivity index (χ2n) is 9.65. The maximum atomic E-state index is 13.9. The van der Waals surface area contributed by atoms with Crippen LogP contribution in [0.5, 0.6) is 5.75 Å². The normalized spacial score (nSPS) is 16.5. The van der Waals surface area contributed by atoms with Gasteiger partial charge in [0.15, 0.2) is 11.6 Å².